The zero-order valence-electron chi connectivity index (χ0n) is 16.0. The van der Waals surface area contributed by atoms with E-state index in [-0.39, 0.29) is 5.91 Å². The van der Waals surface area contributed by atoms with Crippen LogP contribution in [0.15, 0.2) is 77.9 Å². The van der Waals surface area contributed by atoms with Crippen molar-refractivity contribution in [1.29, 1.82) is 5.26 Å². The molecule has 7 heteroatoms. The highest BCUT2D eigenvalue weighted by Crippen LogP contribution is 2.16. The number of carbonyl (C=O) groups excluding carboxylic acids is 2. The summed E-state index contributed by atoms with van der Waals surface area (Å²) in [5, 5.41) is 12.7. The molecule has 1 N–H and O–H groups in total. The molecule has 0 aromatic heterocycles. The van der Waals surface area contributed by atoms with Crippen LogP contribution in [0.5, 0.6) is 11.5 Å². The molecule has 0 fully saturated rings. The lowest BCUT2D eigenvalue weighted by Crippen LogP contribution is -2.17. The molecule has 0 bridgehead atoms. The van der Waals surface area contributed by atoms with Crippen LogP contribution in [-0.4, -0.2) is 25.2 Å². The minimum absolute atomic E-state index is 0.384. The summed E-state index contributed by atoms with van der Waals surface area (Å²) in [5.41, 5.74) is 4.40. The Bertz CT molecular complexity index is 1100. The van der Waals surface area contributed by atoms with Gasteiger partial charge in [-0.05, 0) is 78.4 Å². The molecule has 1 amide bonds. The Morgan fingerprint density at radius 3 is 2.10 bits per heavy atom. The van der Waals surface area contributed by atoms with Crippen molar-refractivity contribution in [3.63, 3.8) is 0 Å². The van der Waals surface area contributed by atoms with Gasteiger partial charge in [-0.25, -0.2) is 10.2 Å². The third-order valence-corrected chi connectivity index (χ3v) is 4.07. The van der Waals surface area contributed by atoms with Gasteiger partial charge in [-0.15, -0.1) is 0 Å². The zero-order valence-corrected chi connectivity index (χ0v) is 16.0. The molecule has 7 nitrogen and oxygen atoms in total. The summed E-state index contributed by atoms with van der Waals surface area (Å²) in [6, 6.07) is 21.5. The first-order valence-corrected chi connectivity index (χ1v) is 8.89. The van der Waals surface area contributed by atoms with Gasteiger partial charge in [-0.3, -0.25) is 4.79 Å². The fraction of sp³-hybridized carbons (Fsp3) is 0.0435. The van der Waals surface area contributed by atoms with Crippen molar-refractivity contribution >= 4 is 18.1 Å². The summed E-state index contributed by atoms with van der Waals surface area (Å²) >= 11 is 0. The topological polar surface area (TPSA) is 101 Å². The van der Waals surface area contributed by atoms with Crippen LogP contribution in [-0.2, 0) is 0 Å². The van der Waals surface area contributed by atoms with Crippen LogP contribution in [0, 0.1) is 11.3 Å². The van der Waals surface area contributed by atoms with Crippen LogP contribution in [0.1, 0.15) is 31.8 Å². The van der Waals surface area contributed by atoms with E-state index in [2.05, 4.69) is 10.5 Å². The third kappa shape index (κ3) is 5.30. The average molecular weight is 399 g/mol. The number of nitrogens with one attached hydrogen (secondary N) is 1. The van der Waals surface area contributed by atoms with Gasteiger partial charge in [-0.1, -0.05) is 0 Å². The number of ether oxygens (including phenoxy) is 2. The van der Waals surface area contributed by atoms with Crippen LogP contribution < -0.4 is 14.9 Å². The van der Waals surface area contributed by atoms with Gasteiger partial charge in [0.2, 0.25) is 0 Å². The maximum Gasteiger partial charge on any atom is 0.343 e. The molecule has 3 aromatic carbocycles. The highest BCUT2D eigenvalue weighted by molar-refractivity contribution is 5.95. The summed E-state index contributed by atoms with van der Waals surface area (Å²) < 4.78 is 10.4. The van der Waals surface area contributed by atoms with Crippen LogP contribution in [0.2, 0.25) is 0 Å². The molecule has 0 saturated carbocycles. The Morgan fingerprint density at radius 1 is 0.900 bits per heavy atom. The number of nitrogens with zero attached hydrogens (tertiary/aromatic N) is 2. The van der Waals surface area contributed by atoms with E-state index in [1.165, 1.54) is 6.21 Å². The summed E-state index contributed by atoms with van der Waals surface area (Å²) in [6.07, 6.45) is 1.47. The SMILES string of the molecule is COc1ccc(C(=O)Oc2ccc(/C=N\NC(=O)c3ccc(C#N)cc3)cc2)cc1. The van der Waals surface area contributed by atoms with E-state index in [9.17, 15) is 9.59 Å². The highest BCUT2D eigenvalue weighted by Gasteiger charge is 2.08. The zero-order chi connectivity index (χ0) is 21.3. The first-order chi connectivity index (χ1) is 14.6. The van der Waals surface area contributed by atoms with Crippen molar-refractivity contribution in [2.45, 2.75) is 0 Å². The maximum atomic E-state index is 12.2. The molecule has 3 rings (SSSR count). The Morgan fingerprint density at radius 2 is 1.50 bits per heavy atom. The van der Waals surface area contributed by atoms with Gasteiger partial charge in [0.1, 0.15) is 11.5 Å². The monoisotopic (exact) mass is 399 g/mol. The first-order valence-electron chi connectivity index (χ1n) is 8.89. The maximum absolute atomic E-state index is 12.2. The van der Waals surface area contributed by atoms with Gasteiger partial charge in [0.05, 0.1) is 30.5 Å². The molecule has 148 valence electrons. The predicted molar refractivity (Wildman–Crippen MR) is 111 cm³/mol. The van der Waals surface area contributed by atoms with Crippen LogP contribution in [0.4, 0.5) is 0 Å². The Labute approximate surface area is 173 Å². The number of esters is 1. The molecule has 0 aliphatic heterocycles. The van der Waals surface area contributed by atoms with Crippen molar-refractivity contribution in [3.8, 4) is 17.6 Å². The highest BCUT2D eigenvalue weighted by atomic mass is 16.5. The minimum atomic E-state index is -0.478. The van der Waals surface area contributed by atoms with Crippen molar-refractivity contribution < 1.29 is 19.1 Å². The van der Waals surface area contributed by atoms with E-state index < -0.39 is 5.97 Å². The van der Waals surface area contributed by atoms with Gasteiger partial charge < -0.3 is 9.47 Å². The lowest BCUT2D eigenvalue weighted by molar-refractivity contribution is 0.0734. The van der Waals surface area contributed by atoms with E-state index in [1.54, 1.807) is 79.9 Å². The Balaban J connectivity index is 1.55. The van der Waals surface area contributed by atoms with E-state index in [1.807, 2.05) is 6.07 Å². The molecular formula is C23H17N3O4. The quantitative estimate of drug-likeness (QED) is 0.296. The Kier molecular flexibility index (Phi) is 6.54. The third-order valence-electron chi connectivity index (χ3n) is 4.07. The standard InChI is InChI=1S/C23H17N3O4/c1-29-20-12-8-19(9-13-20)23(28)30-21-10-4-17(5-11-21)15-25-26-22(27)18-6-2-16(14-24)3-7-18/h2-13,15H,1H3,(H,26,27)/b25-15-. The molecule has 0 aliphatic rings. The fourth-order valence-electron chi connectivity index (χ4n) is 2.44. The second-order valence-corrected chi connectivity index (χ2v) is 6.08. The van der Waals surface area contributed by atoms with Crippen molar-refractivity contribution in [2.24, 2.45) is 5.10 Å². The number of nitriles is 1. The van der Waals surface area contributed by atoms with E-state index in [4.69, 9.17) is 14.7 Å². The van der Waals surface area contributed by atoms with Crippen LogP contribution in [0.3, 0.4) is 0 Å². The fourth-order valence-corrected chi connectivity index (χ4v) is 2.44. The van der Waals surface area contributed by atoms with Crippen LogP contribution >= 0.6 is 0 Å². The number of hydrogen-bond acceptors (Lipinski definition) is 6. The number of amides is 1. The van der Waals surface area contributed by atoms with Gasteiger partial charge in [0, 0.05) is 5.56 Å². The van der Waals surface area contributed by atoms with Gasteiger partial charge in [0.25, 0.3) is 5.91 Å². The summed E-state index contributed by atoms with van der Waals surface area (Å²) in [5.74, 6) is 0.172. The molecule has 0 heterocycles. The van der Waals surface area contributed by atoms with Crippen molar-refractivity contribution in [3.05, 3.63) is 95.1 Å². The van der Waals surface area contributed by atoms with Crippen LogP contribution in [0.25, 0.3) is 0 Å². The van der Waals surface area contributed by atoms with Gasteiger partial charge in [0.15, 0.2) is 0 Å². The largest absolute Gasteiger partial charge is 0.497 e. The molecular weight excluding hydrogens is 382 g/mol. The number of hydrazone groups is 1. The number of methoxy groups -OCH3 is 1. The first kappa shape index (κ1) is 20.3. The average Bonchev–Trinajstić information content (AvgIpc) is 2.80. The second-order valence-electron chi connectivity index (χ2n) is 6.08. The van der Waals surface area contributed by atoms with Crippen molar-refractivity contribution in [1.82, 2.24) is 5.43 Å². The smallest absolute Gasteiger partial charge is 0.343 e. The van der Waals surface area contributed by atoms with E-state index in [0.29, 0.717) is 33.8 Å². The second kappa shape index (κ2) is 9.66. The summed E-state index contributed by atoms with van der Waals surface area (Å²) in [7, 11) is 1.55. The lowest BCUT2D eigenvalue weighted by atomic mass is 10.1. The summed E-state index contributed by atoms with van der Waals surface area (Å²) in [4.78, 5) is 24.2. The molecule has 0 radical (unpaired) electrons. The van der Waals surface area contributed by atoms with E-state index in [0.717, 1.165) is 0 Å². The van der Waals surface area contributed by atoms with Gasteiger partial charge in [-0.2, -0.15) is 10.4 Å². The number of benzene rings is 3. The number of rotatable bonds is 6. The predicted octanol–water partition coefficient (Wildman–Crippen LogP) is 3.55. The molecule has 0 saturated heterocycles. The van der Waals surface area contributed by atoms with E-state index >= 15 is 0 Å². The molecule has 0 spiro atoms. The molecule has 0 aliphatic carbocycles. The Hall–Kier alpha value is -4.44. The lowest BCUT2D eigenvalue weighted by Gasteiger charge is -2.05. The number of hydrogen-bond donors (Lipinski definition) is 1. The molecule has 0 unspecified atom stereocenters. The van der Waals surface area contributed by atoms with Crippen molar-refractivity contribution in [2.75, 3.05) is 7.11 Å². The molecule has 3 aromatic rings. The minimum Gasteiger partial charge on any atom is -0.497 e. The number of carbonyl (C=O) groups is 2. The molecule has 0 atom stereocenters. The molecule has 30 heavy (non-hydrogen) atoms. The van der Waals surface area contributed by atoms with Gasteiger partial charge >= 0.3 is 5.97 Å². The summed E-state index contributed by atoms with van der Waals surface area (Å²) in [6.45, 7) is 0. The normalized spacial score (nSPS) is 10.3.